The van der Waals surface area contributed by atoms with Crippen molar-refractivity contribution in [2.75, 3.05) is 12.3 Å². The molecule has 0 spiro atoms. The van der Waals surface area contributed by atoms with Gasteiger partial charge in [-0.1, -0.05) is 60.7 Å². The van der Waals surface area contributed by atoms with Crippen molar-refractivity contribution in [3.63, 3.8) is 0 Å². The van der Waals surface area contributed by atoms with Crippen molar-refractivity contribution < 1.29 is 13.5 Å². The molecule has 0 amide bonds. The number of H-pyrrole nitrogens is 1. The topological polar surface area (TPSA) is 112 Å². The first kappa shape index (κ1) is 23.2. The highest BCUT2D eigenvalue weighted by molar-refractivity contribution is 7.89. The summed E-state index contributed by atoms with van der Waals surface area (Å²) in [6.07, 6.45) is 2.73. The van der Waals surface area contributed by atoms with Crippen LogP contribution in [0.4, 0.5) is 0 Å². The number of hydrogen-bond acceptors (Lipinski definition) is 5. The molecular weight excluding hydrogens is 442 g/mol. The van der Waals surface area contributed by atoms with E-state index in [1.807, 2.05) is 60.7 Å². The van der Waals surface area contributed by atoms with Crippen molar-refractivity contribution in [2.45, 2.75) is 37.5 Å². The summed E-state index contributed by atoms with van der Waals surface area (Å²) in [6, 6.07) is 18.9. The van der Waals surface area contributed by atoms with Crippen molar-refractivity contribution in [1.29, 1.82) is 0 Å². The maximum atomic E-state index is 13.4. The molecule has 174 valence electrons. The third kappa shape index (κ3) is 4.71. The molecule has 0 radical (unpaired) electrons. The highest BCUT2D eigenvalue weighted by Gasteiger charge is 2.49. The van der Waals surface area contributed by atoms with Crippen LogP contribution in [-0.2, 0) is 22.2 Å². The molecule has 2 N–H and O–H groups in total. The minimum absolute atomic E-state index is 0.162. The van der Waals surface area contributed by atoms with Crippen LogP contribution in [0.1, 0.15) is 30.4 Å². The van der Waals surface area contributed by atoms with E-state index in [2.05, 4.69) is 4.98 Å². The summed E-state index contributed by atoms with van der Waals surface area (Å²) in [5.41, 5.74) is -1.28. The quantitative estimate of drug-likeness (QED) is 0.521. The molecule has 3 aromatic rings. The molecule has 2 heterocycles. The first-order valence-electron chi connectivity index (χ1n) is 10.9. The Morgan fingerprint density at radius 1 is 0.970 bits per heavy atom. The number of aliphatic hydroxyl groups is 1. The van der Waals surface area contributed by atoms with Gasteiger partial charge in [-0.05, 0) is 30.4 Å². The van der Waals surface area contributed by atoms with Crippen LogP contribution in [0.2, 0.25) is 0 Å². The minimum atomic E-state index is -3.71. The fraction of sp³-hybridized carbons (Fsp3) is 0.333. The molecule has 0 bridgehead atoms. The molecule has 0 unspecified atom stereocenters. The molecule has 1 aliphatic heterocycles. The van der Waals surface area contributed by atoms with Crippen LogP contribution in [-0.4, -0.2) is 45.7 Å². The van der Waals surface area contributed by atoms with Gasteiger partial charge in [-0.15, -0.1) is 0 Å². The van der Waals surface area contributed by atoms with E-state index in [1.54, 1.807) is 0 Å². The fourth-order valence-electron chi connectivity index (χ4n) is 4.58. The average Bonchev–Trinajstić information content (AvgIpc) is 3.33. The summed E-state index contributed by atoms with van der Waals surface area (Å²) in [5.74, 6) is -0.172. The Hall–Kier alpha value is -3.01. The number of aromatic amines is 1. The van der Waals surface area contributed by atoms with E-state index in [4.69, 9.17) is 0 Å². The lowest BCUT2D eigenvalue weighted by Crippen LogP contribution is -2.51. The van der Waals surface area contributed by atoms with Crippen molar-refractivity contribution in [3.8, 4) is 0 Å². The molecule has 1 aromatic heterocycles. The van der Waals surface area contributed by atoms with Gasteiger partial charge >= 0.3 is 5.69 Å². The van der Waals surface area contributed by atoms with E-state index < -0.39 is 32.9 Å². The molecule has 8 nitrogen and oxygen atoms in total. The summed E-state index contributed by atoms with van der Waals surface area (Å²) >= 11 is 0. The van der Waals surface area contributed by atoms with E-state index in [1.165, 1.54) is 21.1 Å². The second-order valence-corrected chi connectivity index (χ2v) is 10.3. The standard InChI is InChI=1S/C24H27N3O5S/c28-22-14-17-26(23(29)25-22)15-8-18-33(31,32)27-16-7-13-21(27)24(30,19-9-3-1-4-10-19)20-11-5-2-6-12-20/h1-6,9-12,14,17,21,30H,7-8,13,15-16,18H2,(H,25,28,29)/t21-/m1/s1. The highest BCUT2D eigenvalue weighted by atomic mass is 32.2. The van der Waals surface area contributed by atoms with Gasteiger partial charge < -0.3 is 9.67 Å². The van der Waals surface area contributed by atoms with Crippen molar-refractivity contribution in [2.24, 2.45) is 0 Å². The number of aryl methyl sites for hydroxylation is 1. The summed E-state index contributed by atoms with van der Waals surface area (Å²) < 4.78 is 29.4. The van der Waals surface area contributed by atoms with Gasteiger partial charge in [0.05, 0.1) is 11.8 Å². The fourth-order valence-corrected chi connectivity index (χ4v) is 6.36. The van der Waals surface area contributed by atoms with Crippen molar-refractivity contribution >= 4 is 10.0 Å². The van der Waals surface area contributed by atoms with E-state index in [0.717, 1.165) is 0 Å². The molecule has 9 heteroatoms. The maximum absolute atomic E-state index is 13.4. The summed E-state index contributed by atoms with van der Waals surface area (Å²) in [4.78, 5) is 25.2. The van der Waals surface area contributed by atoms with Crippen LogP contribution >= 0.6 is 0 Å². The van der Waals surface area contributed by atoms with Crippen molar-refractivity contribution in [1.82, 2.24) is 13.9 Å². The second-order valence-electron chi connectivity index (χ2n) is 8.24. The zero-order valence-corrected chi connectivity index (χ0v) is 18.9. The zero-order chi connectivity index (χ0) is 23.5. The maximum Gasteiger partial charge on any atom is 0.328 e. The number of hydrogen-bond donors (Lipinski definition) is 2. The lowest BCUT2D eigenvalue weighted by atomic mass is 9.79. The van der Waals surface area contributed by atoms with Gasteiger partial charge in [-0.3, -0.25) is 9.78 Å². The third-order valence-corrected chi connectivity index (χ3v) is 8.13. The molecule has 1 aliphatic rings. The monoisotopic (exact) mass is 469 g/mol. The number of sulfonamides is 1. The van der Waals surface area contributed by atoms with Gasteiger partial charge in [0.15, 0.2) is 0 Å². The predicted molar refractivity (Wildman–Crippen MR) is 125 cm³/mol. The minimum Gasteiger partial charge on any atom is -0.379 e. The number of nitrogens with zero attached hydrogens (tertiary/aromatic N) is 2. The molecule has 4 rings (SSSR count). The van der Waals surface area contributed by atoms with Crippen molar-refractivity contribution in [3.05, 3.63) is 105 Å². The number of rotatable bonds is 8. The number of aromatic nitrogens is 2. The Kier molecular flexibility index (Phi) is 6.64. The summed E-state index contributed by atoms with van der Waals surface area (Å²) in [6.45, 7) is 0.489. The number of nitrogens with one attached hydrogen (secondary N) is 1. The molecule has 1 saturated heterocycles. The Morgan fingerprint density at radius 2 is 1.58 bits per heavy atom. The Morgan fingerprint density at radius 3 is 2.15 bits per heavy atom. The van der Waals surface area contributed by atoms with Gasteiger partial charge in [-0.25, -0.2) is 13.2 Å². The second kappa shape index (κ2) is 9.46. The number of benzene rings is 2. The highest BCUT2D eigenvalue weighted by Crippen LogP contribution is 2.41. The lowest BCUT2D eigenvalue weighted by molar-refractivity contribution is 0.0204. The van der Waals surface area contributed by atoms with Gasteiger partial charge in [-0.2, -0.15) is 4.31 Å². The van der Waals surface area contributed by atoms with Crippen LogP contribution in [0.15, 0.2) is 82.5 Å². The molecule has 0 aliphatic carbocycles. The molecule has 1 fully saturated rings. The Balaban J connectivity index is 1.60. The van der Waals surface area contributed by atoms with Crippen LogP contribution in [0.25, 0.3) is 0 Å². The third-order valence-electron chi connectivity index (χ3n) is 6.17. The molecule has 1 atom stereocenters. The van der Waals surface area contributed by atoms with Gasteiger partial charge in [0, 0.05) is 25.4 Å². The smallest absolute Gasteiger partial charge is 0.328 e. The van der Waals surface area contributed by atoms with Crippen LogP contribution in [0, 0.1) is 0 Å². The van der Waals surface area contributed by atoms with Crippen LogP contribution in [0.3, 0.4) is 0 Å². The van der Waals surface area contributed by atoms with Gasteiger partial charge in [0.1, 0.15) is 5.60 Å². The summed E-state index contributed by atoms with van der Waals surface area (Å²) in [5, 5.41) is 12.1. The zero-order valence-electron chi connectivity index (χ0n) is 18.1. The molecule has 2 aromatic carbocycles. The van der Waals surface area contributed by atoms with E-state index >= 15 is 0 Å². The first-order valence-corrected chi connectivity index (χ1v) is 12.6. The Bertz CT molecular complexity index is 1260. The van der Waals surface area contributed by atoms with E-state index in [0.29, 0.717) is 30.5 Å². The molecule has 0 saturated carbocycles. The van der Waals surface area contributed by atoms with Crippen LogP contribution in [0.5, 0.6) is 0 Å². The molecular formula is C24H27N3O5S. The lowest BCUT2D eigenvalue weighted by Gasteiger charge is -2.39. The van der Waals surface area contributed by atoms with Crippen LogP contribution < -0.4 is 11.2 Å². The predicted octanol–water partition coefficient (Wildman–Crippen LogP) is 1.66. The summed E-state index contributed by atoms with van der Waals surface area (Å²) in [7, 11) is -3.71. The first-order chi connectivity index (χ1) is 15.8. The normalized spacial score (nSPS) is 17.3. The van der Waals surface area contributed by atoms with Gasteiger partial charge in [0.2, 0.25) is 10.0 Å². The largest absolute Gasteiger partial charge is 0.379 e. The molecule has 33 heavy (non-hydrogen) atoms. The van der Waals surface area contributed by atoms with E-state index in [-0.39, 0.29) is 18.7 Å². The average molecular weight is 470 g/mol. The van der Waals surface area contributed by atoms with E-state index in [9.17, 15) is 23.1 Å². The Labute approximate surface area is 192 Å². The SMILES string of the molecule is O=c1ccn(CCCS(=O)(=O)N2CCC[C@@H]2C(O)(c2ccccc2)c2ccccc2)c(=O)[nH]1. The van der Waals surface area contributed by atoms with Gasteiger partial charge in [0.25, 0.3) is 5.56 Å².